The van der Waals surface area contributed by atoms with Crippen molar-refractivity contribution in [2.45, 2.75) is 39.5 Å². The summed E-state index contributed by atoms with van der Waals surface area (Å²) in [6.45, 7) is 3.91. The van der Waals surface area contributed by atoms with Crippen molar-refractivity contribution in [3.63, 3.8) is 0 Å². The maximum Gasteiger partial charge on any atom is 0.329 e. The van der Waals surface area contributed by atoms with Gasteiger partial charge in [-0.25, -0.2) is 9.59 Å². The molecule has 0 aliphatic carbocycles. The minimum atomic E-state index is -0.980. The zero-order valence-electron chi connectivity index (χ0n) is 9.71. The molecular weight excluding hydrogens is 210 g/mol. The number of rotatable bonds is 5. The molecule has 0 spiro atoms. The molecule has 0 saturated carbocycles. The Morgan fingerprint density at radius 2 is 1.81 bits per heavy atom. The standard InChI is InChI=1S/C10H19N3O3/c1-3-5-6-7(4-2)8(14)12-10(16)13-9(11)15/h7H,3-6H2,1-2H3,(H4,11,12,13,14,15,16). The summed E-state index contributed by atoms with van der Waals surface area (Å²) in [6, 6.07) is -1.85. The van der Waals surface area contributed by atoms with E-state index in [1.54, 1.807) is 5.32 Å². The van der Waals surface area contributed by atoms with Crippen LogP contribution in [-0.2, 0) is 4.79 Å². The van der Waals surface area contributed by atoms with Gasteiger partial charge in [0, 0.05) is 5.92 Å². The van der Waals surface area contributed by atoms with Crippen molar-refractivity contribution >= 4 is 18.0 Å². The Hall–Kier alpha value is -1.59. The van der Waals surface area contributed by atoms with E-state index in [0.29, 0.717) is 6.42 Å². The summed E-state index contributed by atoms with van der Waals surface area (Å²) >= 11 is 0. The van der Waals surface area contributed by atoms with E-state index in [-0.39, 0.29) is 11.8 Å². The first kappa shape index (κ1) is 14.4. The number of imide groups is 2. The second-order valence-electron chi connectivity index (χ2n) is 3.56. The van der Waals surface area contributed by atoms with Crippen LogP contribution < -0.4 is 16.4 Å². The topological polar surface area (TPSA) is 101 Å². The summed E-state index contributed by atoms with van der Waals surface area (Å²) in [5, 5.41) is 3.86. The molecule has 1 unspecified atom stereocenters. The Kier molecular flexibility index (Phi) is 6.91. The lowest BCUT2D eigenvalue weighted by Gasteiger charge is -2.13. The zero-order chi connectivity index (χ0) is 12.6. The number of hydrogen-bond donors (Lipinski definition) is 3. The summed E-state index contributed by atoms with van der Waals surface area (Å²) in [5.74, 6) is -0.562. The van der Waals surface area contributed by atoms with Gasteiger partial charge < -0.3 is 5.73 Å². The van der Waals surface area contributed by atoms with E-state index in [0.717, 1.165) is 19.3 Å². The van der Waals surface area contributed by atoms with Gasteiger partial charge in [-0.3, -0.25) is 15.4 Å². The average Bonchev–Trinajstić information content (AvgIpc) is 2.17. The number of nitrogens with one attached hydrogen (secondary N) is 2. The average molecular weight is 229 g/mol. The first-order chi connectivity index (χ1) is 7.51. The molecule has 4 N–H and O–H groups in total. The van der Waals surface area contributed by atoms with Gasteiger partial charge in [0.05, 0.1) is 0 Å². The number of carbonyl (C=O) groups is 3. The van der Waals surface area contributed by atoms with Crippen LogP contribution in [-0.4, -0.2) is 18.0 Å². The molecule has 0 rings (SSSR count). The highest BCUT2D eigenvalue weighted by atomic mass is 16.2. The molecule has 0 aromatic rings. The Bertz CT molecular complexity index is 266. The van der Waals surface area contributed by atoms with Crippen LogP contribution in [0.2, 0.25) is 0 Å². The number of primary amides is 1. The number of nitrogens with two attached hydrogens (primary N) is 1. The van der Waals surface area contributed by atoms with Crippen LogP contribution in [0.25, 0.3) is 0 Å². The minimum Gasteiger partial charge on any atom is -0.351 e. The molecular formula is C10H19N3O3. The van der Waals surface area contributed by atoms with Gasteiger partial charge in [-0.1, -0.05) is 26.7 Å². The SMILES string of the molecule is CCCCC(CC)C(=O)NC(=O)NC(N)=O. The Labute approximate surface area is 94.9 Å². The van der Waals surface area contributed by atoms with Gasteiger partial charge in [-0.15, -0.1) is 0 Å². The molecule has 0 saturated heterocycles. The van der Waals surface area contributed by atoms with Gasteiger partial charge in [0.2, 0.25) is 5.91 Å². The molecule has 0 radical (unpaired) electrons. The summed E-state index contributed by atoms with van der Waals surface area (Å²) in [7, 11) is 0. The van der Waals surface area contributed by atoms with E-state index in [1.807, 2.05) is 13.8 Å². The highest BCUT2D eigenvalue weighted by molar-refractivity contribution is 6.01. The summed E-state index contributed by atoms with van der Waals surface area (Å²) < 4.78 is 0. The lowest BCUT2D eigenvalue weighted by molar-refractivity contribution is -0.124. The van der Waals surface area contributed by atoms with Gasteiger partial charge in [0.25, 0.3) is 0 Å². The van der Waals surface area contributed by atoms with E-state index in [9.17, 15) is 14.4 Å². The smallest absolute Gasteiger partial charge is 0.329 e. The van der Waals surface area contributed by atoms with Crippen LogP contribution in [0, 0.1) is 5.92 Å². The molecule has 0 fully saturated rings. The zero-order valence-corrected chi connectivity index (χ0v) is 9.71. The predicted molar refractivity (Wildman–Crippen MR) is 59.6 cm³/mol. The molecule has 0 aromatic heterocycles. The van der Waals surface area contributed by atoms with Crippen molar-refractivity contribution < 1.29 is 14.4 Å². The van der Waals surface area contributed by atoms with Crippen molar-refractivity contribution in [2.24, 2.45) is 11.7 Å². The third-order valence-corrected chi connectivity index (χ3v) is 2.24. The van der Waals surface area contributed by atoms with Crippen molar-refractivity contribution in [1.82, 2.24) is 10.6 Å². The molecule has 16 heavy (non-hydrogen) atoms. The largest absolute Gasteiger partial charge is 0.351 e. The number of unbranched alkanes of at least 4 members (excludes halogenated alkanes) is 1. The highest BCUT2D eigenvalue weighted by Crippen LogP contribution is 2.12. The monoisotopic (exact) mass is 229 g/mol. The first-order valence-corrected chi connectivity index (χ1v) is 5.42. The van der Waals surface area contributed by atoms with Crippen LogP contribution in [0.1, 0.15) is 39.5 Å². The van der Waals surface area contributed by atoms with E-state index >= 15 is 0 Å². The summed E-state index contributed by atoms with van der Waals surface area (Å²) in [6.07, 6.45) is 3.33. The Morgan fingerprint density at radius 1 is 1.19 bits per heavy atom. The predicted octanol–water partition coefficient (Wildman–Crippen LogP) is 1.11. The molecule has 6 nitrogen and oxygen atoms in total. The van der Waals surface area contributed by atoms with E-state index in [1.165, 1.54) is 0 Å². The van der Waals surface area contributed by atoms with Gasteiger partial charge >= 0.3 is 12.1 Å². The molecule has 6 heteroatoms. The fourth-order valence-electron chi connectivity index (χ4n) is 1.33. The van der Waals surface area contributed by atoms with Crippen LogP contribution >= 0.6 is 0 Å². The Morgan fingerprint density at radius 3 is 2.25 bits per heavy atom. The fraction of sp³-hybridized carbons (Fsp3) is 0.700. The van der Waals surface area contributed by atoms with E-state index < -0.39 is 12.1 Å². The van der Waals surface area contributed by atoms with Crippen molar-refractivity contribution in [3.8, 4) is 0 Å². The van der Waals surface area contributed by atoms with Gasteiger partial charge in [-0.05, 0) is 12.8 Å². The molecule has 92 valence electrons. The third kappa shape index (κ3) is 6.00. The maximum atomic E-state index is 11.5. The van der Waals surface area contributed by atoms with Gasteiger partial charge in [0.15, 0.2) is 0 Å². The van der Waals surface area contributed by atoms with E-state index in [4.69, 9.17) is 5.73 Å². The van der Waals surface area contributed by atoms with Crippen molar-refractivity contribution in [1.29, 1.82) is 0 Å². The maximum absolute atomic E-state index is 11.5. The number of hydrogen-bond acceptors (Lipinski definition) is 3. The normalized spacial score (nSPS) is 11.6. The number of urea groups is 2. The molecule has 1 atom stereocenters. The fourth-order valence-corrected chi connectivity index (χ4v) is 1.33. The van der Waals surface area contributed by atoms with Crippen molar-refractivity contribution in [3.05, 3.63) is 0 Å². The molecule has 0 bridgehead atoms. The third-order valence-electron chi connectivity index (χ3n) is 2.24. The second kappa shape index (κ2) is 7.67. The van der Waals surface area contributed by atoms with Crippen LogP contribution in [0.15, 0.2) is 0 Å². The quantitative estimate of drug-likeness (QED) is 0.658. The molecule has 0 aliphatic heterocycles. The summed E-state index contributed by atoms with van der Waals surface area (Å²) in [4.78, 5) is 32.9. The highest BCUT2D eigenvalue weighted by Gasteiger charge is 2.18. The first-order valence-electron chi connectivity index (χ1n) is 5.42. The lowest BCUT2D eigenvalue weighted by Crippen LogP contribution is -2.46. The number of amides is 5. The number of carbonyl (C=O) groups excluding carboxylic acids is 3. The van der Waals surface area contributed by atoms with Crippen LogP contribution in [0.4, 0.5) is 9.59 Å². The van der Waals surface area contributed by atoms with Crippen LogP contribution in [0.3, 0.4) is 0 Å². The molecule has 5 amide bonds. The van der Waals surface area contributed by atoms with Crippen molar-refractivity contribution in [2.75, 3.05) is 0 Å². The second-order valence-corrected chi connectivity index (χ2v) is 3.56. The molecule has 0 heterocycles. The molecule has 0 aromatic carbocycles. The summed E-state index contributed by atoms with van der Waals surface area (Å²) in [5.41, 5.74) is 4.74. The minimum absolute atomic E-state index is 0.196. The van der Waals surface area contributed by atoms with Gasteiger partial charge in [0.1, 0.15) is 0 Å². The van der Waals surface area contributed by atoms with Crippen LogP contribution in [0.5, 0.6) is 0 Å². The molecule has 0 aliphatic rings. The Balaban J connectivity index is 4.09. The van der Waals surface area contributed by atoms with E-state index in [2.05, 4.69) is 5.32 Å². The van der Waals surface area contributed by atoms with Gasteiger partial charge in [-0.2, -0.15) is 0 Å². The lowest BCUT2D eigenvalue weighted by atomic mass is 9.99.